The van der Waals surface area contributed by atoms with Crippen LogP contribution in [-0.4, -0.2) is 42.2 Å². The van der Waals surface area contributed by atoms with Crippen LogP contribution in [0, 0.1) is 0 Å². The lowest BCUT2D eigenvalue weighted by Gasteiger charge is -2.16. The lowest BCUT2D eigenvalue weighted by Crippen LogP contribution is -2.26. The Labute approximate surface area is 163 Å². The predicted molar refractivity (Wildman–Crippen MR) is 105 cm³/mol. The van der Waals surface area contributed by atoms with Crippen molar-refractivity contribution in [2.45, 2.75) is 32.2 Å². The number of aromatic nitrogens is 1. The Bertz CT molecular complexity index is 898. The highest BCUT2D eigenvalue weighted by molar-refractivity contribution is 5.89. The Morgan fingerprint density at radius 3 is 2.79 bits per heavy atom. The molecule has 4 rings (SSSR count). The summed E-state index contributed by atoms with van der Waals surface area (Å²) in [6.45, 7) is -0.0176. The van der Waals surface area contributed by atoms with E-state index in [0.717, 1.165) is 41.7 Å². The van der Waals surface area contributed by atoms with E-state index in [1.54, 1.807) is 0 Å². The number of fused-ring (bicyclic) bond motifs is 1. The van der Waals surface area contributed by atoms with Crippen molar-refractivity contribution in [1.82, 2.24) is 9.88 Å². The van der Waals surface area contributed by atoms with Crippen LogP contribution in [0.4, 0.5) is 8.78 Å². The Kier molecular flexibility index (Phi) is 5.88. The minimum Gasteiger partial charge on any atom is -0.488 e. The molecule has 6 heteroatoms. The summed E-state index contributed by atoms with van der Waals surface area (Å²) in [5.74, 6) is 0.859. The second kappa shape index (κ2) is 8.71. The summed E-state index contributed by atoms with van der Waals surface area (Å²) in [7, 11) is 0. The van der Waals surface area contributed by atoms with Crippen LogP contribution < -0.4 is 4.74 Å². The molecular formula is C22H24F2N2O2. The van der Waals surface area contributed by atoms with E-state index in [9.17, 15) is 8.78 Å². The number of alkyl halides is 2. The van der Waals surface area contributed by atoms with Crippen molar-refractivity contribution in [2.24, 2.45) is 0 Å². The number of ether oxygens (including phenoxy) is 2. The van der Waals surface area contributed by atoms with Crippen LogP contribution in [0.5, 0.6) is 5.75 Å². The van der Waals surface area contributed by atoms with Crippen molar-refractivity contribution in [2.75, 3.05) is 19.6 Å². The zero-order valence-electron chi connectivity index (χ0n) is 15.6. The van der Waals surface area contributed by atoms with Crippen molar-refractivity contribution in [3.05, 3.63) is 65.9 Å². The van der Waals surface area contributed by atoms with Crippen molar-refractivity contribution < 1.29 is 18.3 Å². The van der Waals surface area contributed by atoms with Crippen molar-refractivity contribution in [3.63, 3.8) is 0 Å². The van der Waals surface area contributed by atoms with E-state index in [1.807, 2.05) is 54.7 Å². The maximum atomic E-state index is 12.4. The topological polar surface area (TPSA) is 37.5 Å². The average Bonchev–Trinajstić information content (AvgIpc) is 3.32. The van der Waals surface area contributed by atoms with Crippen molar-refractivity contribution >= 4 is 10.9 Å². The van der Waals surface area contributed by atoms with Gasteiger partial charge in [0.1, 0.15) is 12.4 Å². The van der Waals surface area contributed by atoms with Gasteiger partial charge in [-0.2, -0.15) is 8.78 Å². The molecule has 1 fully saturated rings. The number of halogens is 2. The normalized spacial score (nSPS) is 17.6. The second-order valence-electron chi connectivity index (χ2n) is 7.12. The van der Waals surface area contributed by atoms with Crippen LogP contribution in [0.1, 0.15) is 17.5 Å². The van der Waals surface area contributed by atoms with Gasteiger partial charge in [0, 0.05) is 36.7 Å². The van der Waals surface area contributed by atoms with Crippen LogP contribution >= 0.6 is 0 Å². The number of aromatic amines is 1. The van der Waals surface area contributed by atoms with E-state index >= 15 is 0 Å². The first-order valence-electron chi connectivity index (χ1n) is 9.60. The summed E-state index contributed by atoms with van der Waals surface area (Å²) in [5, 5.41) is 1.10. The molecule has 0 saturated carbocycles. The van der Waals surface area contributed by atoms with E-state index in [1.165, 1.54) is 5.56 Å². The van der Waals surface area contributed by atoms with Gasteiger partial charge in [0.25, 0.3) is 0 Å². The summed E-state index contributed by atoms with van der Waals surface area (Å²) in [5.41, 5.74) is 3.34. The predicted octanol–water partition coefficient (Wildman–Crippen LogP) is 4.60. The molecule has 1 N–H and O–H groups in total. The van der Waals surface area contributed by atoms with Gasteiger partial charge in [-0.25, -0.2) is 0 Å². The number of nitrogens with one attached hydrogen (secondary N) is 1. The molecule has 1 aliphatic heterocycles. The molecule has 1 saturated heterocycles. The average molecular weight is 386 g/mol. The van der Waals surface area contributed by atoms with Gasteiger partial charge in [-0.1, -0.05) is 36.4 Å². The fourth-order valence-corrected chi connectivity index (χ4v) is 3.81. The Balaban J connectivity index is 1.42. The summed E-state index contributed by atoms with van der Waals surface area (Å²) >= 11 is 0. The lowest BCUT2D eigenvalue weighted by molar-refractivity contribution is -0.158. The molecule has 4 nitrogen and oxygen atoms in total. The number of likely N-dealkylation sites (tertiary alicyclic amines) is 1. The second-order valence-corrected chi connectivity index (χ2v) is 7.12. The SMILES string of the molecule is FC(F)O[C@@H]1CCN(CCc2c[nH]c3cccc(OCc4ccccc4)c23)C1. The molecule has 0 radical (unpaired) electrons. The zero-order chi connectivity index (χ0) is 19.3. The van der Waals surface area contributed by atoms with E-state index in [4.69, 9.17) is 4.74 Å². The molecule has 0 amide bonds. The molecule has 28 heavy (non-hydrogen) atoms. The number of hydrogen-bond acceptors (Lipinski definition) is 3. The van der Waals surface area contributed by atoms with E-state index in [2.05, 4.69) is 14.6 Å². The van der Waals surface area contributed by atoms with Crippen LogP contribution in [0.3, 0.4) is 0 Å². The van der Waals surface area contributed by atoms with E-state index < -0.39 is 6.61 Å². The highest BCUT2D eigenvalue weighted by atomic mass is 19.3. The molecule has 0 aliphatic carbocycles. The third-order valence-corrected chi connectivity index (χ3v) is 5.21. The quantitative estimate of drug-likeness (QED) is 0.615. The van der Waals surface area contributed by atoms with E-state index in [0.29, 0.717) is 19.6 Å². The molecule has 0 spiro atoms. The van der Waals surface area contributed by atoms with Crippen LogP contribution in [0.15, 0.2) is 54.7 Å². The molecule has 1 aromatic heterocycles. The largest absolute Gasteiger partial charge is 0.488 e. The highest BCUT2D eigenvalue weighted by Gasteiger charge is 2.25. The van der Waals surface area contributed by atoms with Gasteiger partial charge >= 0.3 is 6.61 Å². The molecule has 2 heterocycles. The molecular weight excluding hydrogens is 362 g/mol. The van der Waals surface area contributed by atoms with Gasteiger partial charge in [-0.05, 0) is 36.1 Å². The smallest absolute Gasteiger partial charge is 0.345 e. The molecule has 1 aliphatic rings. The van der Waals surface area contributed by atoms with Crippen molar-refractivity contribution in [1.29, 1.82) is 0 Å². The maximum absolute atomic E-state index is 12.4. The minimum absolute atomic E-state index is 0.368. The Morgan fingerprint density at radius 1 is 1.11 bits per heavy atom. The molecule has 3 aromatic rings. The summed E-state index contributed by atoms with van der Waals surface area (Å²) in [4.78, 5) is 5.49. The van der Waals surface area contributed by atoms with Gasteiger partial charge in [0.2, 0.25) is 0 Å². The zero-order valence-corrected chi connectivity index (χ0v) is 15.6. The number of rotatable bonds is 8. The van der Waals surface area contributed by atoms with Gasteiger partial charge < -0.3 is 19.4 Å². The Hall–Kier alpha value is -2.44. The number of H-pyrrole nitrogens is 1. The van der Waals surface area contributed by atoms with Gasteiger partial charge in [-0.15, -0.1) is 0 Å². The first-order valence-corrected chi connectivity index (χ1v) is 9.60. The summed E-state index contributed by atoms with van der Waals surface area (Å²) in [6, 6.07) is 16.1. The lowest BCUT2D eigenvalue weighted by atomic mass is 10.1. The number of benzene rings is 2. The van der Waals surface area contributed by atoms with Crippen LogP contribution in [-0.2, 0) is 17.8 Å². The Morgan fingerprint density at radius 2 is 1.96 bits per heavy atom. The molecule has 148 valence electrons. The first kappa shape index (κ1) is 18.9. The molecule has 0 bridgehead atoms. The van der Waals surface area contributed by atoms with Gasteiger partial charge in [0.05, 0.1) is 6.10 Å². The van der Waals surface area contributed by atoms with Gasteiger partial charge in [-0.3, -0.25) is 0 Å². The third kappa shape index (κ3) is 4.51. The highest BCUT2D eigenvalue weighted by Crippen LogP contribution is 2.30. The summed E-state index contributed by atoms with van der Waals surface area (Å²) in [6.07, 6.45) is 3.13. The monoisotopic (exact) mass is 386 g/mol. The minimum atomic E-state index is -2.69. The molecule has 2 aromatic carbocycles. The molecule has 0 unspecified atom stereocenters. The van der Waals surface area contributed by atoms with Gasteiger partial charge in [0.15, 0.2) is 0 Å². The fourth-order valence-electron chi connectivity index (χ4n) is 3.81. The number of nitrogens with zero attached hydrogens (tertiary/aromatic N) is 1. The van der Waals surface area contributed by atoms with E-state index in [-0.39, 0.29) is 6.10 Å². The fraction of sp³-hybridized carbons (Fsp3) is 0.364. The van der Waals surface area contributed by atoms with Crippen LogP contribution in [0.25, 0.3) is 10.9 Å². The van der Waals surface area contributed by atoms with Crippen molar-refractivity contribution in [3.8, 4) is 5.75 Å². The summed E-state index contributed by atoms with van der Waals surface area (Å²) < 4.78 is 35.5. The number of hydrogen-bond donors (Lipinski definition) is 1. The maximum Gasteiger partial charge on any atom is 0.345 e. The van der Waals surface area contributed by atoms with Crippen LogP contribution in [0.2, 0.25) is 0 Å². The third-order valence-electron chi connectivity index (χ3n) is 5.21. The first-order chi connectivity index (χ1) is 13.7. The standard InChI is InChI=1S/C22H24F2N2O2/c23-22(24)28-18-10-12-26(14-18)11-9-17-13-25-19-7-4-8-20(21(17)19)27-15-16-5-2-1-3-6-16/h1-8,13,18,22,25H,9-12,14-15H2/t18-/m1/s1. The molecule has 1 atom stereocenters.